The summed E-state index contributed by atoms with van der Waals surface area (Å²) in [6.45, 7) is 1.90. The van der Waals surface area contributed by atoms with Crippen LogP contribution in [0.1, 0.15) is 18.9 Å². The molecule has 0 saturated carbocycles. The second-order valence-electron chi connectivity index (χ2n) is 3.88. The van der Waals surface area contributed by atoms with Gasteiger partial charge in [0.2, 0.25) is 0 Å². The van der Waals surface area contributed by atoms with Crippen LogP contribution in [0.4, 0.5) is 0 Å². The highest BCUT2D eigenvalue weighted by Gasteiger charge is 2.13. The Balaban J connectivity index is 2.40. The van der Waals surface area contributed by atoms with E-state index in [1.165, 1.54) is 0 Å². The Kier molecular flexibility index (Phi) is 6.73. The smallest absolute Gasteiger partial charge is 0.313 e. The second-order valence-corrected chi connectivity index (χ2v) is 5.77. The molecule has 1 rings (SSSR count). The van der Waals surface area contributed by atoms with E-state index in [-0.39, 0.29) is 30.3 Å². The highest BCUT2D eigenvalue weighted by Crippen LogP contribution is 2.11. The maximum absolute atomic E-state index is 11.8. The molecular weight excluding hydrogens is 288 g/mol. The molecular formula is C13H15ClO4S. The largest absolute Gasteiger partial charge is 0.466 e. The van der Waals surface area contributed by atoms with Gasteiger partial charge in [0.15, 0.2) is 5.78 Å². The van der Waals surface area contributed by atoms with Crippen LogP contribution < -0.4 is 0 Å². The monoisotopic (exact) mass is 302 g/mol. The number of carbonyl (C=O) groups excluding carboxylic acids is 2. The van der Waals surface area contributed by atoms with E-state index >= 15 is 0 Å². The maximum atomic E-state index is 11.8. The van der Waals surface area contributed by atoms with Crippen molar-refractivity contribution >= 4 is 34.2 Å². The minimum Gasteiger partial charge on any atom is -0.466 e. The van der Waals surface area contributed by atoms with Crippen molar-refractivity contribution in [3.63, 3.8) is 0 Å². The van der Waals surface area contributed by atoms with Crippen LogP contribution >= 0.6 is 11.6 Å². The molecule has 0 aliphatic rings. The predicted molar refractivity (Wildman–Crippen MR) is 74.4 cm³/mol. The number of benzene rings is 1. The fraction of sp³-hybridized carbons (Fsp3) is 0.385. The molecule has 4 nitrogen and oxygen atoms in total. The molecule has 0 fully saturated rings. The van der Waals surface area contributed by atoms with Gasteiger partial charge in [-0.1, -0.05) is 23.7 Å². The molecule has 6 heteroatoms. The van der Waals surface area contributed by atoms with E-state index in [0.717, 1.165) is 5.56 Å². The molecule has 0 amide bonds. The Labute approximate surface area is 119 Å². The Morgan fingerprint density at radius 3 is 2.47 bits per heavy atom. The number of ether oxygens (including phenoxy) is 1. The lowest BCUT2D eigenvalue weighted by molar-refractivity contribution is -0.145. The Hall–Kier alpha value is -1.20. The highest BCUT2D eigenvalue weighted by molar-refractivity contribution is 7.84. The first-order valence-electron chi connectivity index (χ1n) is 5.78. The molecule has 0 aromatic heterocycles. The third-order valence-corrected chi connectivity index (χ3v) is 3.76. The number of rotatable bonds is 7. The van der Waals surface area contributed by atoms with Gasteiger partial charge in [0, 0.05) is 21.6 Å². The van der Waals surface area contributed by atoms with Gasteiger partial charge in [-0.2, -0.15) is 0 Å². The summed E-state index contributed by atoms with van der Waals surface area (Å²) in [5.41, 5.74) is 0.840. The van der Waals surface area contributed by atoms with E-state index in [2.05, 4.69) is 4.74 Å². The van der Waals surface area contributed by atoms with Gasteiger partial charge in [-0.3, -0.25) is 13.8 Å². The first kappa shape index (κ1) is 15.9. The fourth-order valence-corrected chi connectivity index (χ4v) is 2.67. The number of halogens is 1. The average molecular weight is 303 g/mol. The summed E-state index contributed by atoms with van der Waals surface area (Å²) >= 11 is 5.74. The molecule has 0 saturated heterocycles. The summed E-state index contributed by atoms with van der Waals surface area (Å²) in [4.78, 5) is 22.5. The Bertz CT molecular complexity index is 470. The van der Waals surface area contributed by atoms with E-state index in [9.17, 15) is 13.8 Å². The van der Waals surface area contributed by atoms with Gasteiger partial charge < -0.3 is 4.74 Å². The van der Waals surface area contributed by atoms with Gasteiger partial charge >= 0.3 is 5.97 Å². The van der Waals surface area contributed by atoms with Gasteiger partial charge in [0.05, 0.1) is 12.4 Å². The molecule has 1 atom stereocenters. The first-order valence-corrected chi connectivity index (χ1v) is 7.64. The van der Waals surface area contributed by atoms with E-state index < -0.39 is 16.8 Å². The minimum atomic E-state index is -1.33. The quantitative estimate of drug-likeness (QED) is 0.572. The summed E-state index contributed by atoms with van der Waals surface area (Å²) in [6.07, 6.45) is -0.319. The van der Waals surface area contributed by atoms with Gasteiger partial charge in [-0.15, -0.1) is 0 Å². The van der Waals surface area contributed by atoms with Crippen molar-refractivity contribution in [2.75, 3.05) is 12.4 Å². The standard InChI is InChI=1S/C13H15ClO4S/c1-2-18-13(16)7-12(15)9-19(17)8-10-3-5-11(14)6-4-10/h3-6H,2,7-9H2,1H3. The number of ketones is 1. The van der Waals surface area contributed by atoms with Crippen molar-refractivity contribution in [3.05, 3.63) is 34.9 Å². The predicted octanol–water partition coefficient (Wildman–Crippen LogP) is 2.11. The number of hydrogen-bond acceptors (Lipinski definition) is 4. The highest BCUT2D eigenvalue weighted by atomic mass is 35.5. The van der Waals surface area contributed by atoms with Crippen LogP contribution in [0.3, 0.4) is 0 Å². The zero-order chi connectivity index (χ0) is 14.3. The van der Waals surface area contributed by atoms with Crippen LogP contribution in [0.5, 0.6) is 0 Å². The van der Waals surface area contributed by atoms with E-state index in [1.807, 2.05) is 0 Å². The van der Waals surface area contributed by atoms with Crippen LogP contribution in [0.15, 0.2) is 24.3 Å². The molecule has 0 radical (unpaired) electrons. The molecule has 0 spiro atoms. The molecule has 0 aliphatic carbocycles. The van der Waals surface area contributed by atoms with Crippen molar-refractivity contribution < 1.29 is 18.5 Å². The first-order chi connectivity index (χ1) is 9.01. The number of Topliss-reactive ketones (excluding diaryl/α,β-unsaturated/α-hetero) is 1. The lowest BCUT2D eigenvalue weighted by atomic mass is 10.2. The zero-order valence-electron chi connectivity index (χ0n) is 10.6. The molecule has 0 heterocycles. The van der Waals surface area contributed by atoms with E-state index in [4.69, 9.17) is 11.6 Å². The van der Waals surface area contributed by atoms with Crippen molar-refractivity contribution in [2.24, 2.45) is 0 Å². The third kappa shape index (κ3) is 6.50. The summed E-state index contributed by atoms with van der Waals surface area (Å²) in [7, 11) is -1.33. The maximum Gasteiger partial charge on any atom is 0.313 e. The summed E-state index contributed by atoms with van der Waals surface area (Å²) in [6, 6.07) is 6.93. The van der Waals surface area contributed by atoms with Crippen molar-refractivity contribution in [3.8, 4) is 0 Å². The summed E-state index contributed by atoms with van der Waals surface area (Å²) in [5, 5.41) is 0.605. The van der Waals surface area contributed by atoms with Crippen molar-refractivity contribution in [1.82, 2.24) is 0 Å². The molecule has 1 unspecified atom stereocenters. The number of hydrogen-bond donors (Lipinski definition) is 0. The van der Waals surface area contributed by atoms with Crippen LogP contribution in [0, 0.1) is 0 Å². The van der Waals surface area contributed by atoms with E-state index in [1.54, 1.807) is 31.2 Å². The van der Waals surface area contributed by atoms with Crippen LogP contribution in [0.25, 0.3) is 0 Å². The lowest BCUT2D eigenvalue weighted by Gasteiger charge is -2.03. The van der Waals surface area contributed by atoms with Gasteiger partial charge in [-0.05, 0) is 24.6 Å². The van der Waals surface area contributed by atoms with Crippen LogP contribution in [-0.4, -0.2) is 28.3 Å². The summed E-state index contributed by atoms with van der Waals surface area (Å²) in [5.74, 6) is -0.811. The minimum absolute atomic E-state index is 0.137. The third-order valence-electron chi connectivity index (χ3n) is 2.21. The SMILES string of the molecule is CCOC(=O)CC(=O)CS(=O)Cc1ccc(Cl)cc1. The average Bonchev–Trinajstić information content (AvgIpc) is 2.32. The number of esters is 1. The molecule has 0 bridgehead atoms. The van der Waals surface area contributed by atoms with Gasteiger partial charge in [-0.25, -0.2) is 0 Å². The molecule has 19 heavy (non-hydrogen) atoms. The molecule has 1 aromatic carbocycles. The Morgan fingerprint density at radius 1 is 1.26 bits per heavy atom. The molecule has 0 N–H and O–H groups in total. The van der Waals surface area contributed by atoms with Crippen LogP contribution in [0.2, 0.25) is 5.02 Å². The molecule has 1 aromatic rings. The van der Waals surface area contributed by atoms with Crippen LogP contribution in [-0.2, 0) is 30.9 Å². The lowest BCUT2D eigenvalue weighted by Crippen LogP contribution is -2.17. The topological polar surface area (TPSA) is 60.4 Å². The molecule has 104 valence electrons. The number of carbonyl (C=O) groups is 2. The van der Waals surface area contributed by atoms with Crippen molar-refractivity contribution in [1.29, 1.82) is 0 Å². The fourth-order valence-electron chi connectivity index (χ4n) is 1.42. The zero-order valence-corrected chi connectivity index (χ0v) is 12.1. The second kappa shape index (κ2) is 8.07. The van der Waals surface area contributed by atoms with E-state index in [0.29, 0.717) is 5.02 Å². The normalized spacial score (nSPS) is 11.9. The summed E-state index contributed by atoms with van der Waals surface area (Å²) < 4.78 is 16.4. The Morgan fingerprint density at radius 2 is 1.89 bits per heavy atom. The van der Waals surface area contributed by atoms with Gasteiger partial charge in [0.25, 0.3) is 0 Å². The van der Waals surface area contributed by atoms with Gasteiger partial charge in [0.1, 0.15) is 6.42 Å². The molecule has 0 aliphatic heterocycles. The van der Waals surface area contributed by atoms with Crippen molar-refractivity contribution in [2.45, 2.75) is 19.1 Å².